The summed E-state index contributed by atoms with van der Waals surface area (Å²) in [6, 6.07) is 0. The van der Waals surface area contributed by atoms with Crippen molar-refractivity contribution in [2.75, 3.05) is 7.05 Å². The van der Waals surface area contributed by atoms with E-state index < -0.39 is 11.7 Å². The highest BCUT2D eigenvalue weighted by Crippen LogP contribution is 2.22. The van der Waals surface area contributed by atoms with Gasteiger partial charge in [0.2, 0.25) is 0 Å². The molecule has 0 fully saturated rings. The summed E-state index contributed by atoms with van der Waals surface area (Å²) in [6.45, 7) is 0. The Balaban J connectivity index is 4.39. The van der Waals surface area contributed by atoms with E-state index in [0.717, 1.165) is 0 Å². The Morgan fingerprint density at radius 3 is 2.10 bits per heavy atom. The third kappa shape index (κ3) is 2.52. The van der Waals surface area contributed by atoms with Crippen LogP contribution < -0.4 is 5.73 Å². The molecule has 0 amide bonds. The Hall–Kier alpha value is -1.00. The van der Waals surface area contributed by atoms with Crippen LogP contribution in [0.1, 0.15) is 0 Å². The van der Waals surface area contributed by atoms with Crippen LogP contribution in [0.3, 0.4) is 0 Å². The molecule has 0 unspecified atom stereocenters. The molecule has 2 nitrogen and oxygen atoms in total. The Morgan fingerprint density at radius 1 is 1.50 bits per heavy atom. The molecule has 0 aliphatic heterocycles. The van der Waals surface area contributed by atoms with E-state index >= 15 is 0 Å². The molecule has 0 spiro atoms. The van der Waals surface area contributed by atoms with Gasteiger partial charge in [-0.1, -0.05) is 0 Å². The van der Waals surface area contributed by atoms with Gasteiger partial charge >= 0.3 is 6.18 Å². The van der Waals surface area contributed by atoms with Crippen LogP contribution in [0.25, 0.3) is 0 Å². The first-order valence-corrected chi connectivity index (χ1v) is 2.43. The van der Waals surface area contributed by atoms with Gasteiger partial charge in [-0.15, -0.1) is 0 Å². The van der Waals surface area contributed by atoms with Gasteiger partial charge in [0, 0.05) is 19.5 Å². The zero-order valence-corrected chi connectivity index (χ0v) is 5.31. The van der Waals surface area contributed by atoms with Crippen LogP contribution in [0.5, 0.6) is 0 Å². The van der Waals surface area contributed by atoms with E-state index in [9.17, 15) is 13.2 Å². The van der Waals surface area contributed by atoms with Crippen molar-refractivity contribution >= 4 is 6.21 Å². The second-order valence-electron chi connectivity index (χ2n) is 1.51. The molecule has 0 aromatic carbocycles. The highest BCUT2D eigenvalue weighted by atomic mass is 19.4. The first kappa shape index (κ1) is 9.00. The average molecular weight is 152 g/mol. The number of hydrogen-bond acceptors (Lipinski definition) is 2. The minimum absolute atomic E-state index is 0.479. The summed E-state index contributed by atoms with van der Waals surface area (Å²) in [7, 11) is 1.25. The van der Waals surface area contributed by atoms with Crippen molar-refractivity contribution in [3.05, 3.63) is 11.8 Å². The third-order valence-electron chi connectivity index (χ3n) is 0.775. The molecule has 0 bridgehead atoms. The van der Waals surface area contributed by atoms with E-state index in [-0.39, 0.29) is 0 Å². The third-order valence-corrected chi connectivity index (χ3v) is 0.775. The van der Waals surface area contributed by atoms with E-state index in [4.69, 9.17) is 0 Å². The van der Waals surface area contributed by atoms with Gasteiger partial charge < -0.3 is 5.73 Å². The van der Waals surface area contributed by atoms with E-state index in [2.05, 4.69) is 10.7 Å². The number of alkyl halides is 3. The van der Waals surface area contributed by atoms with Crippen LogP contribution in [-0.4, -0.2) is 19.4 Å². The number of hydrogen-bond donors (Lipinski definition) is 1. The number of rotatable bonds is 1. The van der Waals surface area contributed by atoms with Gasteiger partial charge in [-0.2, -0.15) is 13.2 Å². The zero-order chi connectivity index (χ0) is 8.20. The molecule has 0 aliphatic rings. The largest absolute Gasteiger partial charge is 0.419 e. The number of nitrogens with zero attached hydrogens (tertiary/aromatic N) is 1. The van der Waals surface area contributed by atoms with Crippen molar-refractivity contribution in [2.24, 2.45) is 10.7 Å². The Bertz CT molecular complexity index is 157. The van der Waals surface area contributed by atoms with Gasteiger partial charge in [0.05, 0.1) is 5.57 Å². The van der Waals surface area contributed by atoms with Crippen molar-refractivity contribution in [1.82, 2.24) is 0 Å². The molecule has 0 aliphatic carbocycles. The Morgan fingerprint density at radius 2 is 2.00 bits per heavy atom. The second kappa shape index (κ2) is 3.24. The molecule has 0 radical (unpaired) electrons. The van der Waals surface area contributed by atoms with Crippen LogP contribution in [0.2, 0.25) is 0 Å². The molecule has 0 rings (SSSR count). The molecule has 10 heavy (non-hydrogen) atoms. The maximum atomic E-state index is 11.7. The van der Waals surface area contributed by atoms with Crippen LogP contribution in [0.15, 0.2) is 16.8 Å². The van der Waals surface area contributed by atoms with Crippen molar-refractivity contribution in [3.63, 3.8) is 0 Å². The summed E-state index contributed by atoms with van der Waals surface area (Å²) in [4.78, 5) is 3.18. The van der Waals surface area contributed by atoms with Crippen molar-refractivity contribution in [2.45, 2.75) is 6.18 Å². The minimum Gasteiger partial charge on any atom is -0.404 e. The maximum absolute atomic E-state index is 11.7. The standard InChI is InChI=1S/C5H7F3N2/c1-10-3-4(2-9)5(6,7)8/h2-3H,9H2,1H3/b4-2+,10-3?. The fourth-order valence-electron chi connectivity index (χ4n) is 0.350. The van der Waals surface area contributed by atoms with Gasteiger partial charge in [0.1, 0.15) is 0 Å². The smallest absolute Gasteiger partial charge is 0.404 e. The lowest BCUT2D eigenvalue weighted by atomic mass is 10.3. The summed E-state index contributed by atoms with van der Waals surface area (Å²) >= 11 is 0. The molecule has 0 aromatic rings. The van der Waals surface area contributed by atoms with Gasteiger partial charge in [-0.3, -0.25) is 4.99 Å². The summed E-state index contributed by atoms with van der Waals surface area (Å²) in [6.07, 6.45) is -3.25. The highest BCUT2D eigenvalue weighted by Gasteiger charge is 2.31. The summed E-state index contributed by atoms with van der Waals surface area (Å²) in [5.41, 5.74) is 3.74. The molecule has 0 saturated heterocycles. The lowest BCUT2D eigenvalue weighted by Crippen LogP contribution is -2.14. The van der Waals surface area contributed by atoms with Gasteiger partial charge in [-0.25, -0.2) is 0 Å². The molecular weight excluding hydrogens is 145 g/mol. The van der Waals surface area contributed by atoms with Crippen molar-refractivity contribution in [3.8, 4) is 0 Å². The summed E-state index contributed by atoms with van der Waals surface area (Å²) in [5, 5.41) is 0. The van der Waals surface area contributed by atoms with Crippen LogP contribution in [0, 0.1) is 0 Å². The Kier molecular flexibility index (Phi) is 2.92. The van der Waals surface area contributed by atoms with E-state index in [1.807, 2.05) is 0 Å². The molecule has 58 valence electrons. The Labute approximate surface area is 56.2 Å². The normalized spacial score (nSPS) is 14.6. The lowest BCUT2D eigenvalue weighted by Gasteiger charge is -2.03. The first-order valence-electron chi connectivity index (χ1n) is 2.43. The van der Waals surface area contributed by atoms with Crippen molar-refractivity contribution in [1.29, 1.82) is 0 Å². The van der Waals surface area contributed by atoms with E-state index in [1.54, 1.807) is 0 Å². The maximum Gasteiger partial charge on any atom is 0.419 e. The molecule has 0 aromatic heterocycles. The quantitative estimate of drug-likeness (QED) is 0.561. The summed E-state index contributed by atoms with van der Waals surface area (Å²) < 4.78 is 35.0. The monoisotopic (exact) mass is 152 g/mol. The SMILES string of the molecule is CN=C/C(=C\N)C(F)(F)F. The minimum atomic E-state index is -4.39. The average Bonchev–Trinajstić information content (AvgIpc) is 1.80. The molecule has 0 heterocycles. The predicted molar refractivity (Wildman–Crippen MR) is 32.7 cm³/mol. The van der Waals surface area contributed by atoms with Gasteiger partial charge in [0.15, 0.2) is 0 Å². The predicted octanol–water partition coefficient (Wildman–Crippen LogP) is 1.09. The number of halogens is 3. The molecular formula is C5H7F3N2. The summed E-state index contributed by atoms with van der Waals surface area (Å²) in [5.74, 6) is 0. The fourth-order valence-corrected chi connectivity index (χ4v) is 0.350. The fraction of sp³-hybridized carbons (Fsp3) is 0.400. The number of aliphatic imine (C=N–C) groups is 1. The molecule has 2 N–H and O–H groups in total. The number of nitrogens with two attached hydrogens (primary N) is 1. The van der Waals surface area contributed by atoms with Crippen molar-refractivity contribution < 1.29 is 13.2 Å². The first-order chi connectivity index (χ1) is 4.52. The van der Waals surface area contributed by atoms with Crippen LogP contribution >= 0.6 is 0 Å². The molecule has 0 saturated carbocycles. The van der Waals surface area contributed by atoms with Gasteiger partial charge in [-0.05, 0) is 0 Å². The topological polar surface area (TPSA) is 38.4 Å². The number of allylic oxidation sites excluding steroid dienone is 1. The van der Waals surface area contributed by atoms with E-state index in [0.29, 0.717) is 12.4 Å². The molecule has 5 heteroatoms. The van der Waals surface area contributed by atoms with Gasteiger partial charge in [0.25, 0.3) is 0 Å². The zero-order valence-electron chi connectivity index (χ0n) is 5.31. The molecule has 0 atom stereocenters. The lowest BCUT2D eigenvalue weighted by molar-refractivity contribution is -0.0857. The van der Waals surface area contributed by atoms with Crippen LogP contribution in [-0.2, 0) is 0 Å². The highest BCUT2D eigenvalue weighted by molar-refractivity contribution is 5.79. The van der Waals surface area contributed by atoms with Crippen LogP contribution in [0.4, 0.5) is 13.2 Å². The van der Waals surface area contributed by atoms with E-state index in [1.165, 1.54) is 7.05 Å². The second-order valence-corrected chi connectivity index (χ2v) is 1.51.